The number of thiophene rings is 1. The quantitative estimate of drug-likeness (QED) is 0.876. The molecule has 0 saturated heterocycles. The monoisotopic (exact) mass is 319 g/mol. The predicted octanol–water partition coefficient (Wildman–Crippen LogP) is 2.86. The van der Waals surface area contributed by atoms with Gasteiger partial charge in [-0.05, 0) is 30.9 Å². The van der Waals surface area contributed by atoms with Gasteiger partial charge in [-0.1, -0.05) is 11.6 Å². The van der Waals surface area contributed by atoms with E-state index in [0.717, 1.165) is 29.5 Å². The van der Waals surface area contributed by atoms with Crippen LogP contribution in [-0.4, -0.2) is 41.4 Å². The van der Waals surface area contributed by atoms with Crippen molar-refractivity contribution in [3.8, 4) is 0 Å². The summed E-state index contributed by atoms with van der Waals surface area (Å²) in [5.41, 5.74) is 0. The topological polar surface area (TPSA) is 40.5 Å². The molecule has 6 heteroatoms. The number of aliphatic hydroxyl groups excluding tert-OH is 1. The Labute approximate surface area is 126 Å². The van der Waals surface area contributed by atoms with Gasteiger partial charge in [-0.2, -0.15) is 0 Å². The number of thioether (sulfide) groups is 1. The first kappa shape index (κ1) is 15.2. The van der Waals surface area contributed by atoms with Crippen LogP contribution in [-0.2, 0) is 10.5 Å². The normalized spacial score (nSPS) is 22.1. The molecule has 2 rings (SSSR count). The molecule has 0 radical (unpaired) electrons. The second-order valence-electron chi connectivity index (χ2n) is 4.96. The van der Waals surface area contributed by atoms with Crippen molar-refractivity contribution in [1.82, 2.24) is 4.90 Å². The highest BCUT2D eigenvalue weighted by atomic mass is 35.5. The van der Waals surface area contributed by atoms with Gasteiger partial charge in [-0.3, -0.25) is 4.79 Å². The molecule has 1 aliphatic carbocycles. The minimum atomic E-state index is -0.147. The Hall–Kier alpha value is -0.230. The maximum absolute atomic E-state index is 11.9. The van der Waals surface area contributed by atoms with E-state index in [1.165, 1.54) is 4.88 Å². The third-order valence-electron chi connectivity index (χ3n) is 3.27. The van der Waals surface area contributed by atoms with Crippen molar-refractivity contribution in [1.29, 1.82) is 0 Å². The average molecular weight is 320 g/mol. The fourth-order valence-corrected chi connectivity index (χ4v) is 4.28. The zero-order chi connectivity index (χ0) is 13.8. The zero-order valence-corrected chi connectivity index (χ0v) is 13.2. The molecule has 1 aromatic rings. The van der Waals surface area contributed by atoms with E-state index in [-0.39, 0.29) is 12.0 Å². The summed E-state index contributed by atoms with van der Waals surface area (Å²) < 4.78 is 0.794. The summed E-state index contributed by atoms with van der Waals surface area (Å²) in [6, 6.07) is 3.89. The van der Waals surface area contributed by atoms with Crippen LogP contribution in [0.15, 0.2) is 12.1 Å². The van der Waals surface area contributed by atoms with Gasteiger partial charge in [0.05, 0.1) is 16.2 Å². The molecule has 1 aliphatic rings. The number of rotatable bonds is 6. The lowest BCUT2D eigenvalue weighted by molar-refractivity contribution is -0.128. The van der Waals surface area contributed by atoms with E-state index in [1.807, 2.05) is 19.2 Å². The second-order valence-corrected chi connectivity index (χ2v) is 7.75. The molecule has 1 aromatic heterocycles. The summed E-state index contributed by atoms with van der Waals surface area (Å²) >= 11 is 9.04. The van der Waals surface area contributed by atoms with E-state index < -0.39 is 0 Å². The van der Waals surface area contributed by atoms with Crippen molar-refractivity contribution in [3.63, 3.8) is 0 Å². The molecule has 106 valence electrons. The first-order chi connectivity index (χ1) is 9.04. The molecule has 0 aliphatic heterocycles. The van der Waals surface area contributed by atoms with Crippen molar-refractivity contribution in [2.75, 3.05) is 19.3 Å². The van der Waals surface area contributed by atoms with Crippen LogP contribution in [0.1, 0.15) is 17.7 Å². The number of halogens is 1. The SMILES string of the molecule is CN(CC1CC(O)C1)C(=O)CSCc1ccc(Cl)s1. The highest BCUT2D eigenvalue weighted by Crippen LogP contribution is 2.28. The van der Waals surface area contributed by atoms with Crippen molar-refractivity contribution in [2.24, 2.45) is 5.92 Å². The molecule has 3 nitrogen and oxygen atoms in total. The minimum Gasteiger partial charge on any atom is -0.393 e. The molecule has 1 N–H and O–H groups in total. The molecule has 19 heavy (non-hydrogen) atoms. The van der Waals surface area contributed by atoms with Crippen LogP contribution in [0.2, 0.25) is 4.34 Å². The first-order valence-electron chi connectivity index (χ1n) is 6.28. The summed E-state index contributed by atoms with van der Waals surface area (Å²) in [4.78, 5) is 14.9. The molecular formula is C13H18ClNO2S2. The van der Waals surface area contributed by atoms with Crippen molar-refractivity contribution >= 4 is 40.6 Å². The Morgan fingerprint density at radius 1 is 1.58 bits per heavy atom. The fraction of sp³-hybridized carbons (Fsp3) is 0.615. The van der Waals surface area contributed by atoms with Crippen LogP contribution < -0.4 is 0 Å². The molecule has 0 bridgehead atoms. The van der Waals surface area contributed by atoms with Gasteiger partial charge >= 0.3 is 0 Å². The number of aliphatic hydroxyl groups is 1. The van der Waals surface area contributed by atoms with E-state index in [2.05, 4.69) is 0 Å². The van der Waals surface area contributed by atoms with Gasteiger partial charge < -0.3 is 10.0 Å². The molecule has 0 aromatic carbocycles. The maximum Gasteiger partial charge on any atom is 0.232 e. The van der Waals surface area contributed by atoms with Gasteiger partial charge in [0.15, 0.2) is 0 Å². The first-order valence-corrected chi connectivity index (χ1v) is 8.63. The number of hydrogen-bond donors (Lipinski definition) is 1. The van der Waals surface area contributed by atoms with Crippen LogP contribution in [0.4, 0.5) is 0 Å². The van der Waals surface area contributed by atoms with Crippen LogP contribution in [0.5, 0.6) is 0 Å². The predicted molar refractivity (Wildman–Crippen MR) is 81.9 cm³/mol. The fourth-order valence-electron chi connectivity index (χ4n) is 2.12. The van der Waals surface area contributed by atoms with Crippen LogP contribution in [0.3, 0.4) is 0 Å². The van der Waals surface area contributed by atoms with Crippen molar-refractivity contribution < 1.29 is 9.90 Å². The summed E-state index contributed by atoms with van der Waals surface area (Å²) in [6.07, 6.45) is 1.52. The highest BCUT2D eigenvalue weighted by molar-refractivity contribution is 7.99. The Kier molecular flexibility index (Phi) is 5.57. The van der Waals surface area contributed by atoms with E-state index >= 15 is 0 Å². The average Bonchev–Trinajstić information content (AvgIpc) is 2.73. The second kappa shape index (κ2) is 6.97. The van der Waals surface area contributed by atoms with Gasteiger partial charge in [-0.25, -0.2) is 0 Å². The molecule has 0 spiro atoms. The number of hydrogen-bond acceptors (Lipinski definition) is 4. The van der Waals surface area contributed by atoms with Crippen LogP contribution in [0, 0.1) is 5.92 Å². The van der Waals surface area contributed by atoms with E-state index in [0.29, 0.717) is 11.7 Å². The van der Waals surface area contributed by atoms with Crippen LogP contribution in [0.25, 0.3) is 0 Å². The molecule has 0 atom stereocenters. The van der Waals surface area contributed by atoms with E-state index in [1.54, 1.807) is 28.0 Å². The van der Waals surface area contributed by atoms with Gasteiger partial charge in [-0.15, -0.1) is 23.1 Å². The largest absolute Gasteiger partial charge is 0.393 e. The lowest BCUT2D eigenvalue weighted by Gasteiger charge is -2.34. The molecule has 1 amide bonds. The molecule has 1 heterocycles. The standard InChI is InChI=1S/C13H18ClNO2S2/c1-15(6-9-4-10(16)5-9)13(17)8-18-7-11-2-3-12(14)19-11/h2-3,9-10,16H,4-8H2,1H3. The molecule has 1 saturated carbocycles. The number of nitrogens with zero attached hydrogens (tertiary/aromatic N) is 1. The smallest absolute Gasteiger partial charge is 0.232 e. The number of carbonyl (C=O) groups is 1. The van der Waals surface area contributed by atoms with E-state index in [9.17, 15) is 9.90 Å². The third-order valence-corrected chi connectivity index (χ3v) is 5.65. The Bertz CT molecular complexity index is 432. The highest BCUT2D eigenvalue weighted by Gasteiger charge is 2.28. The van der Waals surface area contributed by atoms with Crippen LogP contribution >= 0.6 is 34.7 Å². The molecule has 0 unspecified atom stereocenters. The molecular weight excluding hydrogens is 302 g/mol. The van der Waals surface area contributed by atoms with Gasteiger partial charge in [0, 0.05) is 24.2 Å². The van der Waals surface area contributed by atoms with Crippen molar-refractivity contribution in [2.45, 2.75) is 24.7 Å². The van der Waals surface area contributed by atoms with Gasteiger partial charge in [0.2, 0.25) is 5.91 Å². The van der Waals surface area contributed by atoms with Crippen molar-refractivity contribution in [3.05, 3.63) is 21.3 Å². The number of amides is 1. The summed E-state index contributed by atoms with van der Waals surface area (Å²) in [5, 5.41) is 9.22. The van der Waals surface area contributed by atoms with Gasteiger partial charge in [0.25, 0.3) is 0 Å². The minimum absolute atomic E-state index is 0.147. The summed E-state index contributed by atoms with van der Waals surface area (Å²) in [7, 11) is 1.84. The molecule has 1 fully saturated rings. The summed E-state index contributed by atoms with van der Waals surface area (Å²) in [5.74, 6) is 1.97. The number of carbonyl (C=O) groups excluding carboxylic acids is 1. The third kappa shape index (κ3) is 4.67. The Morgan fingerprint density at radius 2 is 2.32 bits per heavy atom. The van der Waals surface area contributed by atoms with E-state index in [4.69, 9.17) is 11.6 Å². The maximum atomic E-state index is 11.9. The Morgan fingerprint density at radius 3 is 2.89 bits per heavy atom. The Balaban J connectivity index is 1.63. The lowest BCUT2D eigenvalue weighted by Crippen LogP contribution is -2.40. The summed E-state index contributed by atoms with van der Waals surface area (Å²) in [6.45, 7) is 0.765. The van der Waals surface area contributed by atoms with Gasteiger partial charge in [0.1, 0.15) is 0 Å². The lowest BCUT2D eigenvalue weighted by atomic mass is 9.82. The zero-order valence-electron chi connectivity index (χ0n) is 10.8.